The second kappa shape index (κ2) is 4.94. The van der Waals surface area contributed by atoms with Gasteiger partial charge in [-0.15, -0.1) is 11.6 Å². The van der Waals surface area contributed by atoms with Gasteiger partial charge in [0.1, 0.15) is 0 Å². The summed E-state index contributed by atoms with van der Waals surface area (Å²) in [4.78, 5) is 13.1. The summed E-state index contributed by atoms with van der Waals surface area (Å²) < 4.78 is 30.8. The van der Waals surface area contributed by atoms with E-state index in [4.69, 9.17) is 16.3 Å². The van der Waals surface area contributed by atoms with Crippen LogP contribution in [0.15, 0.2) is 35.2 Å². The van der Waals surface area contributed by atoms with Crippen molar-refractivity contribution in [3.63, 3.8) is 0 Å². The van der Waals surface area contributed by atoms with Gasteiger partial charge in [0.2, 0.25) is 5.91 Å². The molecule has 1 aromatic carbocycles. The molecule has 6 atom stereocenters. The first-order valence-electron chi connectivity index (χ1n) is 7.83. The first kappa shape index (κ1) is 15.4. The predicted molar refractivity (Wildman–Crippen MR) is 84.9 cm³/mol. The Morgan fingerprint density at radius 1 is 1.35 bits per heavy atom. The number of rotatable bonds is 4. The molecule has 1 amide bonds. The van der Waals surface area contributed by atoms with Crippen LogP contribution < -0.4 is 5.32 Å². The average Bonchev–Trinajstić information content (AvgIpc) is 3.17. The standard InChI is InChI=1S/C16H18ClNO4S/c1-2-18-15(19)16(23(20,21)9-6-4-3-5-7-9)11-8-10(14(16)17)12-13(11)22-12/h3-7,10-14H,2,8H2,1H3,(H,18,19)/t10-,11+,12-,13-,14+,16-/m1/s1. The number of nitrogens with one attached hydrogen (secondary N) is 1. The predicted octanol–water partition coefficient (Wildman–Crippen LogP) is 1.36. The van der Waals surface area contributed by atoms with E-state index in [1.165, 1.54) is 12.1 Å². The van der Waals surface area contributed by atoms with Crippen LogP contribution in [0.5, 0.6) is 0 Å². The van der Waals surface area contributed by atoms with Gasteiger partial charge in [0.25, 0.3) is 0 Å². The van der Waals surface area contributed by atoms with E-state index in [1.807, 2.05) is 0 Å². The van der Waals surface area contributed by atoms with Gasteiger partial charge in [-0.2, -0.15) is 0 Å². The highest BCUT2D eigenvalue weighted by atomic mass is 35.5. The lowest BCUT2D eigenvalue weighted by molar-refractivity contribution is -0.124. The fraction of sp³-hybridized carbons (Fsp3) is 0.562. The zero-order valence-corrected chi connectivity index (χ0v) is 14.2. The molecule has 1 aromatic rings. The molecule has 0 unspecified atom stereocenters. The molecule has 4 rings (SSSR count). The Labute approximate surface area is 140 Å². The summed E-state index contributed by atoms with van der Waals surface area (Å²) in [6, 6.07) is 8.11. The molecule has 0 aromatic heterocycles. The molecular formula is C16H18ClNO4S. The molecular weight excluding hydrogens is 338 g/mol. The monoisotopic (exact) mass is 355 g/mol. The van der Waals surface area contributed by atoms with E-state index in [-0.39, 0.29) is 28.9 Å². The van der Waals surface area contributed by atoms with Gasteiger partial charge in [0.15, 0.2) is 14.6 Å². The molecule has 1 heterocycles. The van der Waals surface area contributed by atoms with Gasteiger partial charge in [0, 0.05) is 18.4 Å². The van der Waals surface area contributed by atoms with Gasteiger partial charge < -0.3 is 10.1 Å². The Balaban J connectivity index is 1.89. The Bertz CT molecular complexity index is 753. The highest BCUT2D eigenvalue weighted by molar-refractivity contribution is 7.93. The summed E-state index contributed by atoms with van der Waals surface area (Å²) in [6.07, 6.45) is 0.499. The summed E-state index contributed by atoms with van der Waals surface area (Å²) in [5, 5.41) is 1.93. The maximum atomic E-state index is 13.4. The molecule has 1 saturated heterocycles. The van der Waals surface area contributed by atoms with Crippen LogP contribution in [-0.4, -0.2) is 43.2 Å². The molecule has 23 heavy (non-hydrogen) atoms. The van der Waals surface area contributed by atoms with Gasteiger partial charge in [-0.05, 0) is 25.5 Å². The van der Waals surface area contributed by atoms with Crippen LogP contribution >= 0.6 is 11.6 Å². The number of epoxide rings is 1. The lowest BCUT2D eigenvalue weighted by Gasteiger charge is -2.37. The van der Waals surface area contributed by atoms with Crippen molar-refractivity contribution in [3.8, 4) is 0 Å². The molecule has 2 bridgehead atoms. The summed E-state index contributed by atoms with van der Waals surface area (Å²) in [5.74, 6) is -0.949. The molecule has 0 radical (unpaired) electrons. The largest absolute Gasteiger partial charge is 0.369 e. The second-order valence-corrected chi connectivity index (χ2v) is 9.07. The number of amides is 1. The first-order chi connectivity index (χ1) is 11.0. The van der Waals surface area contributed by atoms with E-state index in [9.17, 15) is 13.2 Å². The van der Waals surface area contributed by atoms with E-state index in [0.717, 1.165) is 0 Å². The number of alkyl halides is 1. The Morgan fingerprint density at radius 3 is 2.65 bits per heavy atom. The topological polar surface area (TPSA) is 75.8 Å². The van der Waals surface area contributed by atoms with Crippen molar-refractivity contribution in [1.82, 2.24) is 5.32 Å². The molecule has 0 spiro atoms. The van der Waals surface area contributed by atoms with Crippen LogP contribution in [0.4, 0.5) is 0 Å². The van der Waals surface area contributed by atoms with Crippen molar-refractivity contribution in [2.75, 3.05) is 6.54 Å². The number of carbonyl (C=O) groups is 1. The molecule has 7 heteroatoms. The maximum absolute atomic E-state index is 13.4. The van der Waals surface area contributed by atoms with Gasteiger partial charge in [-0.1, -0.05) is 18.2 Å². The summed E-state index contributed by atoms with van der Waals surface area (Å²) in [5.41, 5.74) is 0. The molecule has 1 aliphatic heterocycles. The lowest BCUT2D eigenvalue weighted by Crippen LogP contribution is -2.62. The number of hydrogen-bond donors (Lipinski definition) is 1. The zero-order chi connectivity index (χ0) is 16.4. The minimum Gasteiger partial charge on any atom is -0.369 e. The fourth-order valence-corrected chi connectivity index (χ4v) is 7.63. The molecule has 2 saturated carbocycles. The maximum Gasteiger partial charge on any atom is 0.243 e. The number of halogens is 1. The molecule has 3 fully saturated rings. The number of ether oxygens (including phenoxy) is 1. The smallest absolute Gasteiger partial charge is 0.243 e. The zero-order valence-electron chi connectivity index (χ0n) is 12.6. The SMILES string of the molecule is CCNC(=O)[C@]1(S(=O)(=O)c2ccccc2)[C@@H](Cl)[C@@H]2C[C@H]1[C@H]1O[C@H]21. The number of benzene rings is 1. The van der Waals surface area contributed by atoms with Crippen LogP contribution in [0.25, 0.3) is 0 Å². The molecule has 3 aliphatic rings. The van der Waals surface area contributed by atoms with E-state index in [1.54, 1.807) is 25.1 Å². The number of carbonyl (C=O) groups excluding carboxylic acids is 1. The third kappa shape index (κ3) is 1.77. The Kier molecular flexibility index (Phi) is 3.31. The van der Waals surface area contributed by atoms with Crippen LogP contribution in [0.1, 0.15) is 13.3 Å². The number of fused-ring (bicyclic) bond motifs is 5. The van der Waals surface area contributed by atoms with E-state index >= 15 is 0 Å². The van der Waals surface area contributed by atoms with Crippen molar-refractivity contribution < 1.29 is 17.9 Å². The van der Waals surface area contributed by atoms with Crippen LogP contribution in [-0.2, 0) is 19.4 Å². The average molecular weight is 356 g/mol. The lowest BCUT2D eigenvalue weighted by atomic mass is 9.86. The van der Waals surface area contributed by atoms with Gasteiger partial charge in [-0.3, -0.25) is 4.79 Å². The normalized spacial score (nSPS) is 40.7. The fourth-order valence-electron chi connectivity index (χ4n) is 4.45. The van der Waals surface area contributed by atoms with Crippen molar-refractivity contribution in [2.45, 2.75) is 40.6 Å². The minimum absolute atomic E-state index is 0.0241. The molecule has 2 aliphatic carbocycles. The Morgan fingerprint density at radius 2 is 2.04 bits per heavy atom. The second-order valence-electron chi connectivity index (χ2n) is 6.44. The third-order valence-corrected chi connectivity index (χ3v) is 8.75. The van der Waals surface area contributed by atoms with Gasteiger partial charge >= 0.3 is 0 Å². The minimum atomic E-state index is -3.93. The van der Waals surface area contributed by atoms with Crippen LogP contribution in [0.3, 0.4) is 0 Å². The van der Waals surface area contributed by atoms with Crippen molar-refractivity contribution in [2.24, 2.45) is 11.8 Å². The van der Waals surface area contributed by atoms with Crippen molar-refractivity contribution >= 4 is 27.3 Å². The highest BCUT2D eigenvalue weighted by Crippen LogP contribution is 2.65. The highest BCUT2D eigenvalue weighted by Gasteiger charge is 2.79. The quantitative estimate of drug-likeness (QED) is 0.653. The number of sulfone groups is 1. The summed E-state index contributed by atoms with van der Waals surface area (Å²) in [7, 11) is -3.93. The third-order valence-electron chi connectivity index (χ3n) is 5.43. The van der Waals surface area contributed by atoms with Crippen molar-refractivity contribution in [3.05, 3.63) is 30.3 Å². The van der Waals surface area contributed by atoms with E-state index < -0.39 is 25.9 Å². The van der Waals surface area contributed by atoms with E-state index in [0.29, 0.717) is 13.0 Å². The van der Waals surface area contributed by atoms with Gasteiger partial charge in [0.05, 0.1) is 22.5 Å². The molecule has 5 nitrogen and oxygen atoms in total. The van der Waals surface area contributed by atoms with Crippen LogP contribution in [0, 0.1) is 11.8 Å². The van der Waals surface area contributed by atoms with Crippen LogP contribution in [0.2, 0.25) is 0 Å². The van der Waals surface area contributed by atoms with Crippen molar-refractivity contribution in [1.29, 1.82) is 0 Å². The number of hydrogen-bond acceptors (Lipinski definition) is 4. The van der Waals surface area contributed by atoms with Gasteiger partial charge in [-0.25, -0.2) is 8.42 Å². The summed E-state index contributed by atoms with van der Waals surface area (Å²) >= 11 is 6.60. The Hall–Kier alpha value is -1.11. The summed E-state index contributed by atoms with van der Waals surface area (Å²) in [6.45, 7) is 2.13. The molecule has 124 valence electrons. The van der Waals surface area contributed by atoms with E-state index in [2.05, 4.69) is 5.32 Å². The molecule has 1 N–H and O–H groups in total. The first-order valence-corrected chi connectivity index (χ1v) is 9.75.